The molecular formula is C23H17N. The minimum absolute atomic E-state index is 1.03. The van der Waals surface area contributed by atoms with E-state index in [0.29, 0.717) is 0 Å². The number of fused-ring (bicyclic) bond motifs is 1. The van der Waals surface area contributed by atoms with Crippen LogP contribution in [0.25, 0.3) is 16.6 Å². The Kier molecular flexibility index (Phi) is 3.65. The largest absolute Gasteiger partial charge is 0.315 e. The maximum absolute atomic E-state index is 3.35. The Hall–Kier alpha value is -3.24. The van der Waals surface area contributed by atoms with Gasteiger partial charge in [0.25, 0.3) is 0 Å². The summed E-state index contributed by atoms with van der Waals surface area (Å²) in [6, 6.07) is 27.0. The van der Waals surface area contributed by atoms with Gasteiger partial charge in [0.2, 0.25) is 0 Å². The van der Waals surface area contributed by atoms with E-state index in [1.54, 1.807) is 0 Å². The van der Waals surface area contributed by atoms with E-state index in [1.165, 1.54) is 16.5 Å². The monoisotopic (exact) mass is 307 g/mol. The van der Waals surface area contributed by atoms with Crippen molar-refractivity contribution >= 4 is 10.9 Å². The van der Waals surface area contributed by atoms with Crippen LogP contribution in [0.15, 0.2) is 85.1 Å². The van der Waals surface area contributed by atoms with E-state index in [-0.39, 0.29) is 0 Å². The quantitative estimate of drug-likeness (QED) is 0.418. The lowest BCUT2D eigenvalue weighted by Crippen LogP contribution is -1.99. The van der Waals surface area contributed by atoms with E-state index in [4.69, 9.17) is 0 Å². The maximum Gasteiger partial charge on any atom is 0.0641 e. The third-order valence-corrected chi connectivity index (χ3v) is 4.19. The molecule has 24 heavy (non-hydrogen) atoms. The van der Waals surface area contributed by atoms with Crippen molar-refractivity contribution in [3.05, 3.63) is 102 Å². The van der Waals surface area contributed by atoms with Crippen molar-refractivity contribution in [3.8, 4) is 17.5 Å². The van der Waals surface area contributed by atoms with Crippen LogP contribution >= 0.6 is 0 Å². The minimum atomic E-state index is 1.03. The second-order valence-corrected chi connectivity index (χ2v) is 5.83. The first-order valence-corrected chi connectivity index (χ1v) is 8.06. The van der Waals surface area contributed by atoms with Gasteiger partial charge in [-0.1, -0.05) is 60.4 Å². The van der Waals surface area contributed by atoms with Crippen LogP contribution in [0.5, 0.6) is 0 Å². The van der Waals surface area contributed by atoms with E-state index >= 15 is 0 Å². The van der Waals surface area contributed by atoms with Gasteiger partial charge in [-0.15, -0.1) is 0 Å². The lowest BCUT2D eigenvalue weighted by molar-refractivity contribution is 1.10. The van der Waals surface area contributed by atoms with Crippen LogP contribution in [-0.2, 0) is 0 Å². The fourth-order valence-electron chi connectivity index (χ4n) is 3.02. The summed E-state index contributed by atoms with van der Waals surface area (Å²) in [7, 11) is 0. The minimum Gasteiger partial charge on any atom is -0.315 e. The number of benzene rings is 3. The highest BCUT2D eigenvalue weighted by molar-refractivity contribution is 5.82. The van der Waals surface area contributed by atoms with E-state index in [2.05, 4.69) is 78.1 Å². The molecular weight excluding hydrogens is 290 g/mol. The van der Waals surface area contributed by atoms with Crippen LogP contribution < -0.4 is 0 Å². The summed E-state index contributed by atoms with van der Waals surface area (Å²) in [5.74, 6) is 6.63. The lowest BCUT2D eigenvalue weighted by atomic mass is 10.1. The van der Waals surface area contributed by atoms with Gasteiger partial charge in [0.15, 0.2) is 0 Å². The molecule has 0 bridgehead atoms. The van der Waals surface area contributed by atoms with Crippen molar-refractivity contribution in [2.75, 3.05) is 0 Å². The highest BCUT2D eigenvalue weighted by Crippen LogP contribution is 2.25. The van der Waals surface area contributed by atoms with Gasteiger partial charge in [0.1, 0.15) is 0 Å². The zero-order valence-electron chi connectivity index (χ0n) is 13.5. The van der Waals surface area contributed by atoms with Crippen molar-refractivity contribution in [1.29, 1.82) is 0 Å². The fourth-order valence-corrected chi connectivity index (χ4v) is 3.02. The van der Waals surface area contributed by atoms with Gasteiger partial charge in [-0.25, -0.2) is 0 Å². The van der Waals surface area contributed by atoms with Gasteiger partial charge in [-0.2, -0.15) is 0 Å². The SMILES string of the molecule is Cc1cccc(C#Cc2ccccc2)c1-n1ccc2ccccc21. The van der Waals surface area contributed by atoms with Crippen molar-refractivity contribution < 1.29 is 0 Å². The summed E-state index contributed by atoms with van der Waals surface area (Å²) >= 11 is 0. The van der Waals surface area contributed by atoms with Crippen molar-refractivity contribution in [2.45, 2.75) is 6.92 Å². The van der Waals surface area contributed by atoms with Gasteiger partial charge in [-0.3, -0.25) is 0 Å². The van der Waals surface area contributed by atoms with E-state index in [0.717, 1.165) is 16.8 Å². The topological polar surface area (TPSA) is 4.93 Å². The predicted molar refractivity (Wildman–Crippen MR) is 100 cm³/mol. The third kappa shape index (κ3) is 2.59. The Labute approximate surface area is 142 Å². The first kappa shape index (κ1) is 14.4. The number of rotatable bonds is 1. The van der Waals surface area contributed by atoms with Crippen LogP contribution in [0.3, 0.4) is 0 Å². The standard InChI is InChI=1S/C23H17N/c1-18-8-7-12-21(15-14-19-9-3-2-4-10-19)23(18)24-17-16-20-11-5-6-13-22(20)24/h2-13,16-17H,1H3. The molecule has 1 aromatic heterocycles. The van der Waals surface area contributed by atoms with E-state index in [1.807, 2.05) is 30.3 Å². The zero-order valence-corrected chi connectivity index (χ0v) is 13.5. The molecule has 0 unspecified atom stereocenters. The van der Waals surface area contributed by atoms with Gasteiger partial charge in [-0.05, 0) is 48.2 Å². The molecule has 0 N–H and O–H groups in total. The summed E-state index contributed by atoms with van der Waals surface area (Å²) in [5.41, 5.74) is 5.65. The second-order valence-electron chi connectivity index (χ2n) is 5.83. The van der Waals surface area contributed by atoms with Gasteiger partial charge in [0, 0.05) is 17.3 Å². The highest BCUT2D eigenvalue weighted by atomic mass is 15.0. The third-order valence-electron chi connectivity index (χ3n) is 4.19. The molecule has 0 aliphatic heterocycles. The van der Waals surface area contributed by atoms with Crippen molar-refractivity contribution in [3.63, 3.8) is 0 Å². The summed E-state index contributed by atoms with van der Waals surface area (Å²) < 4.78 is 2.24. The predicted octanol–water partition coefficient (Wildman–Crippen LogP) is 5.34. The Bertz CT molecular complexity index is 1060. The highest BCUT2D eigenvalue weighted by Gasteiger charge is 2.09. The molecule has 0 amide bonds. The Balaban J connectivity index is 1.89. The van der Waals surface area contributed by atoms with E-state index < -0.39 is 0 Å². The smallest absolute Gasteiger partial charge is 0.0641 e. The summed E-state index contributed by atoms with van der Waals surface area (Å²) in [6.07, 6.45) is 2.13. The van der Waals surface area contributed by atoms with E-state index in [9.17, 15) is 0 Å². The molecule has 4 aromatic rings. The maximum atomic E-state index is 3.35. The zero-order chi connectivity index (χ0) is 16.4. The lowest BCUT2D eigenvalue weighted by Gasteiger charge is -2.12. The van der Waals surface area contributed by atoms with Crippen molar-refractivity contribution in [1.82, 2.24) is 4.57 Å². The molecule has 0 atom stereocenters. The summed E-state index contributed by atoms with van der Waals surface area (Å²) in [6.45, 7) is 2.14. The fraction of sp³-hybridized carbons (Fsp3) is 0.0435. The average Bonchev–Trinajstić information content (AvgIpc) is 3.05. The Morgan fingerprint density at radius 2 is 1.50 bits per heavy atom. The van der Waals surface area contributed by atoms with Crippen molar-refractivity contribution in [2.24, 2.45) is 0 Å². The molecule has 0 radical (unpaired) electrons. The first-order chi connectivity index (χ1) is 11.8. The summed E-state index contributed by atoms with van der Waals surface area (Å²) in [5, 5.41) is 1.24. The number of hydrogen-bond acceptors (Lipinski definition) is 0. The van der Waals surface area contributed by atoms with Crippen LogP contribution in [0.4, 0.5) is 0 Å². The average molecular weight is 307 g/mol. The normalized spacial score (nSPS) is 10.4. The molecule has 0 fully saturated rings. The summed E-state index contributed by atoms with van der Waals surface area (Å²) in [4.78, 5) is 0. The van der Waals surface area contributed by atoms with Gasteiger partial charge in [0.05, 0.1) is 11.2 Å². The molecule has 1 heterocycles. The van der Waals surface area contributed by atoms with Crippen LogP contribution in [0.2, 0.25) is 0 Å². The molecule has 0 saturated carbocycles. The first-order valence-electron chi connectivity index (χ1n) is 8.06. The molecule has 0 saturated heterocycles. The molecule has 0 spiro atoms. The number of nitrogens with zero attached hydrogens (tertiary/aromatic N) is 1. The number of para-hydroxylation sites is 2. The molecule has 114 valence electrons. The van der Waals surface area contributed by atoms with Crippen LogP contribution in [0.1, 0.15) is 16.7 Å². The second kappa shape index (κ2) is 6.10. The molecule has 4 rings (SSSR count). The Morgan fingerprint density at radius 3 is 2.38 bits per heavy atom. The van der Waals surface area contributed by atoms with Gasteiger partial charge >= 0.3 is 0 Å². The molecule has 1 nitrogen and oxygen atoms in total. The van der Waals surface area contributed by atoms with Crippen LogP contribution in [-0.4, -0.2) is 4.57 Å². The number of aryl methyl sites for hydroxylation is 1. The molecule has 0 aliphatic carbocycles. The number of hydrogen-bond donors (Lipinski definition) is 0. The molecule has 0 aliphatic rings. The molecule has 3 aromatic carbocycles. The van der Waals surface area contributed by atoms with Crippen LogP contribution in [0, 0.1) is 18.8 Å². The number of aromatic nitrogens is 1. The Morgan fingerprint density at radius 1 is 0.708 bits per heavy atom. The molecule has 1 heteroatoms. The van der Waals surface area contributed by atoms with Gasteiger partial charge < -0.3 is 4.57 Å².